The number of fused-ring (bicyclic) bond motifs is 1. The number of aromatic nitrogens is 1. The van der Waals surface area contributed by atoms with Crippen molar-refractivity contribution in [2.75, 3.05) is 24.6 Å². The zero-order valence-electron chi connectivity index (χ0n) is 22.9. The van der Waals surface area contributed by atoms with E-state index in [4.69, 9.17) is 9.47 Å². The highest BCUT2D eigenvalue weighted by molar-refractivity contribution is 5.98. The SMILES string of the molecule is CC(C)(C)OC(=O)NCC(C(=O)N(CCc1ccc(C(F)(F)F)nc1)c1ccc2c(c1)OCC2)c1ccc(F)cc1. The Kier molecular flexibility index (Phi) is 8.84. The Bertz CT molecular complexity index is 1370. The maximum absolute atomic E-state index is 14.2. The molecule has 1 atom stereocenters. The molecule has 0 fully saturated rings. The van der Waals surface area contributed by atoms with E-state index in [1.54, 1.807) is 32.9 Å². The highest BCUT2D eigenvalue weighted by Gasteiger charge is 2.32. The van der Waals surface area contributed by atoms with Crippen LogP contribution in [-0.2, 0) is 28.5 Å². The van der Waals surface area contributed by atoms with E-state index in [0.29, 0.717) is 29.2 Å². The number of amides is 2. The van der Waals surface area contributed by atoms with Crippen molar-refractivity contribution in [3.8, 4) is 5.75 Å². The summed E-state index contributed by atoms with van der Waals surface area (Å²) in [4.78, 5) is 31.6. The van der Waals surface area contributed by atoms with Gasteiger partial charge in [0.2, 0.25) is 5.91 Å². The number of benzene rings is 2. The zero-order chi connectivity index (χ0) is 29.8. The van der Waals surface area contributed by atoms with Crippen LogP contribution in [0.1, 0.15) is 49.1 Å². The van der Waals surface area contributed by atoms with Crippen molar-refractivity contribution in [2.24, 2.45) is 0 Å². The third-order valence-corrected chi connectivity index (χ3v) is 6.42. The maximum atomic E-state index is 14.2. The second-order valence-electron chi connectivity index (χ2n) is 10.7. The molecule has 0 aliphatic carbocycles. The Labute approximate surface area is 235 Å². The van der Waals surface area contributed by atoms with Crippen molar-refractivity contribution in [1.29, 1.82) is 0 Å². The summed E-state index contributed by atoms with van der Waals surface area (Å²) in [6, 6.07) is 13.0. The van der Waals surface area contributed by atoms with E-state index >= 15 is 0 Å². The molecular weight excluding hydrogens is 542 g/mol. The fraction of sp³-hybridized carbons (Fsp3) is 0.367. The first-order valence-electron chi connectivity index (χ1n) is 13.1. The summed E-state index contributed by atoms with van der Waals surface area (Å²) < 4.78 is 63.7. The molecule has 0 radical (unpaired) electrons. The molecule has 4 rings (SSSR count). The number of pyridine rings is 1. The van der Waals surface area contributed by atoms with E-state index < -0.39 is 41.2 Å². The molecule has 0 saturated carbocycles. The van der Waals surface area contributed by atoms with Gasteiger partial charge in [0.1, 0.15) is 22.9 Å². The first-order chi connectivity index (χ1) is 19.3. The lowest BCUT2D eigenvalue weighted by Gasteiger charge is -2.29. The molecule has 3 aromatic rings. The molecule has 1 unspecified atom stereocenters. The minimum atomic E-state index is -4.56. The van der Waals surface area contributed by atoms with Gasteiger partial charge in [0, 0.05) is 37.5 Å². The third kappa shape index (κ3) is 7.96. The predicted molar refractivity (Wildman–Crippen MR) is 144 cm³/mol. The summed E-state index contributed by atoms with van der Waals surface area (Å²) in [6.07, 6.45) is -3.21. The quantitative estimate of drug-likeness (QED) is 0.332. The Hall–Kier alpha value is -4.15. The number of ether oxygens (including phenoxy) is 2. The highest BCUT2D eigenvalue weighted by atomic mass is 19.4. The summed E-state index contributed by atoms with van der Waals surface area (Å²) in [5.41, 5.74) is 0.708. The minimum Gasteiger partial charge on any atom is -0.493 e. The second kappa shape index (κ2) is 12.2. The lowest BCUT2D eigenvalue weighted by molar-refractivity contribution is -0.141. The predicted octanol–water partition coefficient (Wildman–Crippen LogP) is 6.06. The third-order valence-electron chi connectivity index (χ3n) is 6.42. The zero-order valence-corrected chi connectivity index (χ0v) is 22.9. The molecule has 2 heterocycles. The Morgan fingerprint density at radius 3 is 2.44 bits per heavy atom. The number of carbonyl (C=O) groups excluding carboxylic acids is 2. The largest absolute Gasteiger partial charge is 0.493 e. The standard InChI is InChI=1S/C30H31F4N3O4/c1-29(2,3)41-28(39)36-18-24(20-5-8-22(31)9-6-20)27(38)37(23-10-7-21-13-15-40-25(21)16-23)14-12-19-4-11-26(35-17-19)30(32,33)34/h4-11,16-17,24H,12-15,18H2,1-3H3,(H,36,39). The van der Waals surface area contributed by atoms with Crippen molar-refractivity contribution in [3.05, 3.63) is 89.0 Å². The van der Waals surface area contributed by atoms with Gasteiger partial charge < -0.3 is 19.7 Å². The Morgan fingerprint density at radius 2 is 1.80 bits per heavy atom. The van der Waals surface area contributed by atoms with Crippen LogP contribution in [-0.4, -0.2) is 42.3 Å². The number of nitrogens with zero attached hydrogens (tertiary/aromatic N) is 2. The number of halogens is 4. The number of rotatable bonds is 8. The van der Waals surface area contributed by atoms with E-state index in [2.05, 4.69) is 10.3 Å². The molecule has 0 saturated heterocycles. The number of hydrogen-bond donors (Lipinski definition) is 1. The van der Waals surface area contributed by atoms with Crippen LogP contribution in [0.3, 0.4) is 0 Å². The summed E-state index contributed by atoms with van der Waals surface area (Å²) in [6.45, 7) is 5.60. The van der Waals surface area contributed by atoms with Crippen molar-refractivity contribution >= 4 is 17.7 Å². The average Bonchev–Trinajstić information content (AvgIpc) is 3.37. The van der Waals surface area contributed by atoms with E-state index in [-0.39, 0.29) is 19.5 Å². The van der Waals surface area contributed by atoms with Crippen LogP contribution in [0.4, 0.5) is 28.0 Å². The molecule has 11 heteroatoms. The number of hydrogen-bond acceptors (Lipinski definition) is 5. The van der Waals surface area contributed by atoms with E-state index in [1.165, 1.54) is 35.2 Å². The summed E-state index contributed by atoms with van der Waals surface area (Å²) in [7, 11) is 0. The van der Waals surface area contributed by atoms with Crippen LogP contribution in [0.15, 0.2) is 60.8 Å². The van der Waals surface area contributed by atoms with Crippen LogP contribution in [0.2, 0.25) is 0 Å². The summed E-state index contributed by atoms with van der Waals surface area (Å²) in [5.74, 6) is -1.18. The molecule has 0 spiro atoms. The van der Waals surface area contributed by atoms with Crippen LogP contribution in [0.25, 0.3) is 0 Å². The molecule has 2 aromatic carbocycles. The van der Waals surface area contributed by atoms with Crippen molar-refractivity contribution in [1.82, 2.24) is 10.3 Å². The monoisotopic (exact) mass is 573 g/mol. The molecular formula is C30H31F4N3O4. The van der Waals surface area contributed by atoms with Gasteiger partial charge in [-0.3, -0.25) is 9.78 Å². The number of alkyl carbamates (subject to hydrolysis) is 1. The smallest absolute Gasteiger partial charge is 0.433 e. The van der Waals surface area contributed by atoms with Crippen LogP contribution in [0.5, 0.6) is 5.75 Å². The van der Waals surface area contributed by atoms with Gasteiger partial charge in [0.05, 0.1) is 12.5 Å². The van der Waals surface area contributed by atoms with E-state index in [1.807, 2.05) is 6.07 Å². The van der Waals surface area contributed by atoms with E-state index in [9.17, 15) is 27.2 Å². The van der Waals surface area contributed by atoms with Gasteiger partial charge in [0.25, 0.3) is 0 Å². The molecule has 41 heavy (non-hydrogen) atoms. The lowest BCUT2D eigenvalue weighted by Crippen LogP contribution is -2.42. The van der Waals surface area contributed by atoms with Gasteiger partial charge in [-0.25, -0.2) is 9.18 Å². The summed E-state index contributed by atoms with van der Waals surface area (Å²) >= 11 is 0. The van der Waals surface area contributed by atoms with Crippen molar-refractivity contribution < 1.29 is 36.6 Å². The normalized spacial score (nSPS) is 13.6. The van der Waals surface area contributed by atoms with Crippen molar-refractivity contribution in [3.63, 3.8) is 0 Å². The molecule has 1 aromatic heterocycles. The number of nitrogens with one attached hydrogen (secondary N) is 1. The molecule has 2 amide bonds. The first kappa shape index (κ1) is 29.8. The molecule has 1 N–H and O–H groups in total. The first-order valence-corrected chi connectivity index (χ1v) is 13.1. The average molecular weight is 574 g/mol. The molecule has 218 valence electrons. The molecule has 1 aliphatic heterocycles. The molecule has 7 nitrogen and oxygen atoms in total. The second-order valence-corrected chi connectivity index (χ2v) is 10.7. The van der Waals surface area contributed by atoms with Gasteiger partial charge in [-0.1, -0.05) is 24.3 Å². The Balaban J connectivity index is 1.63. The van der Waals surface area contributed by atoms with Crippen LogP contribution < -0.4 is 15.0 Å². The maximum Gasteiger partial charge on any atom is 0.433 e. The Morgan fingerprint density at radius 1 is 1.07 bits per heavy atom. The fourth-order valence-corrected chi connectivity index (χ4v) is 4.40. The highest BCUT2D eigenvalue weighted by Crippen LogP contribution is 2.32. The topological polar surface area (TPSA) is 80.8 Å². The van der Waals surface area contributed by atoms with Crippen LogP contribution >= 0.6 is 0 Å². The number of carbonyl (C=O) groups is 2. The van der Waals surface area contributed by atoms with Crippen LogP contribution in [0, 0.1) is 5.82 Å². The van der Waals surface area contributed by atoms with Gasteiger partial charge >= 0.3 is 12.3 Å². The molecule has 1 aliphatic rings. The summed E-state index contributed by atoms with van der Waals surface area (Å²) in [5, 5.41) is 2.63. The van der Waals surface area contributed by atoms with Gasteiger partial charge in [-0.15, -0.1) is 0 Å². The van der Waals surface area contributed by atoms with Gasteiger partial charge in [-0.05, 0) is 68.1 Å². The van der Waals surface area contributed by atoms with Gasteiger partial charge in [0.15, 0.2) is 0 Å². The lowest BCUT2D eigenvalue weighted by atomic mass is 9.96. The molecule has 0 bridgehead atoms. The fourth-order valence-electron chi connectivity index (χ4n) is 4.40. The van der Waals surface area contributed by atoms with E-state index in [0.717, 1.165) is 24.2 Å². The minimum absolute atomic E-state index is 0.0921. The number of anilines is 1. The van der Waals surface area contributed by atoms with Gasteiger partial charge in [-0.2, -0.15) is 13.2 Å². The van der Waals surface area contributed by atoms with Crippen molar-refractivity contribution in [2.45, 2.75) is 51.3 Å². The number of alkyl halides is 3.